The average Bonchev–Trinajstić information content (AvgIpc) is 2.46. The normalized spacial score (nSPS) is 10.7. The molecule has 1 heterocycles. The lowest BCUT2D eigenvalue weighted by Gasteiger charge is -2.08. The fourth-order valence-electron chi connectivity index (χ4n) is 2.22. The van der Waals surface area contributed by atoms with E-state index in [1.807, 2.05) is 55.5 Å². The van der Waals surface area contributed by atoms with Gasteiger partial charge in [-0.25, -0.2) is 0 Å². The van der Waals surface area contributed by atoms with Crippen LogP contribution in [0.5, 0.6) is 0 Å². The number of fused-ring (bicyclic) bond motifs is 1. The SMILES string of the molecule is Cc1ccc(-c2nnc3ccccc3c2C(N)=O)cc1. The molecule has 0 spiro atoms. The predicted molar refractivity (Wildman–Crippen MR) is 78.2 cm³/mol. The lowest BCUT2D eigenvalue weighted by atomic mass is 10.0. The Morgan fingerprint density at radius 2 is 1.70 bits per heavy atom. The molecule has 2 aromatic carbocycles. The molecule has 3 aromatic rings. The van der Waals surface area contributed by atoms with Crippen molar-refractivity contribution in [3.05, 3.63) is 59.7 Å². The maximum Gasteiger partial charge on any atom is 0.251 e. The number of aromatic nitrogens is 2. The molecule has 0 aliphatic heterocycles. The molecule has 4 heteroatoms. The van der Waals surface area contributed by atoms with Crippen molar-refractivity contribution in [1.29, 1.82) is 0 Å². The molecule has 0 fully saturated rings. The van der Waals surface area contributed by atoms with Gasteiger partial charge in [-0.2, -0.15) is 0 Å². The molecule has 1 aromatic heterocycles. The van der Waals surface area contributed by atoms with Crippen molar-refractivity contribution < 1.29 is 4.79 Å². The van der Waals surface area contributed by atoms with E-state index in [9.17, 15) is 4.79 Å². The molecule has 1 amide bonds. The van der Waals surface area contributed by atoms with Crippen molar-refractivity contribution in [3.8, 4) is 11.3 Å². The van der Waals surface area contributed by atoms with Crippen LogP contribution in [0, 0.1) is 6.92 Å². The van der Waals surface area contributed by atoms with Crippen molar-refractivity contribution >= 4 is 16.8 Å². The van der Waals surface area contributed by atoms with Gasteiger partial charge in [-0.1, -0.05) is 48.0 Å². The van der Waals surface area contributed by atoms with Crippen molar-refractivity contribution in [2.75, 3.05) is 0 Å². The Bertz CT molecular complexity index is 794. The van der Waals surface area contributed by atoms with E-state index in [2.05, 4.69) is 10.2 Å². The highest BCUT2D eigenvalue weighted by molar-refractivity contribution is 6.09. The number of benzene rings is 2. The van der Waals surface area contributed by atoms with Crippen LogP contribution in [0.15, 0.2) is 48.5 Å². The molecule has 0 saturated carbocycles. The first-order valence-corrected chi connectivity index (χ1v) is 6.29. The molecule has 0 aliphatic rings. The molecule has 4 nitrogen and oxygen atoms in total. The number of rotatable bonds is 2. The second-order valence-electron chi connectivity index (χ2n) is 4.67. The molecule has 0 aliphatic carbocycles. The number of hydrogen-bond acceptors (Lipinski definition) is 3. The van der Waals surface area contributed by atoms with Crippen LogP contribution >= 0.6 is 0 Å². The molecule has 0 atom stereocenters. The van der Waals surface area contributed by atoms with Crippen molar-refractivity contribution in [2.24, 2.45) is 5.73 Å². The highest BCUT2D eigenvalue weighted by Gasteiger charge is 2.16. The maximum absolute atomic E-state index is 11.8. The van der Waals surface area contributed by atoms with Crippen LogP contribution in [0.3, 0.4) is 0 Å². The summed E-state index contributed by atoms with van der Waals surface area (Å²) in [6.07, 6.45) is 0. The lowest BCUT2D eigenvalue weighted by Crippen LogP contribution is -2.14. The molecule has 98 valence electrons. The summed E-state index contributed by atoms with van der Waals surface area (Å²) in [5.74, 6) is -0.494. The van der Waals surface area contributed by atoms with E-state index in [-0.39, 0.29) is 0 Å². The first kappa shape index (κ1) is 12.3. The second kappa shape index (κ2) is 4.74. The van der Waals surface area contributed by atoms with Gasteiger partial charge in [0.15, 0.2) is 0 Å². The predicted octanol–water partition coefficient (Wildman–Crippen LogP) is 2.70. The summed E-state index contributed by atoms with van der Waals surface area (Å²) >= 11 is 0. The molecular weight excluding hydrogens is 250 g/mol. The molecular formula is C16H13N3O. The summed E-state index contributed by atoms with van der Waals surface area (Å²) in [5, 5.41) is 9.07. The number of amides is 1. The Labute approximate surface area is 116 Å². The second-order valence-corrected chi connectivity index (χ2v) is 4.67. The third kappa shape index (κ3) is 2.01. The fraction of sp³-hybridized carbons (Fsp3) is 0.0625. The summed E-state index contributed by atoms with van der Waals surface area (Å²) in [7, 11) is 0. The smallest absolute Gasteiger partial charge is 0.251 e. The highest BCUT2D eigenvalue weighted by atomic mass is 16.1. The zero-order chi connectivity index (χ0) is 14.1. The Hall–Kier alpha value is -2.75. The molecule has 20 heavy (non-hydrogen) atoms. The van der Waals surface area contributed by atoms with Gasteiger partial charge in [-0.3, -0.25) is 4.79 Å². The molecule has 0 saturated heterocycles. The zero-order valence-electron chi connectivity index (χ0n) is 11.0. The molecule has 3 rings (SSSR count). The first-order chi connectivity index (χ1) is 9.66. The number of carbonyl (C=O) groups excluding carboxylic acids is 1. The van der Waals surface area contributed by atoms with Crippen LogP contribution < -0.4 is 5.73 Å². The third-order valence-corrected chi connectivity index (χ3v) is 3.24. The highest BCUT2D eigenvalue weighted by Crippen LogP contribution is 2.26. The van der Waals surface area contributed by atoms with E-state index in [0.717, 1.165) is 16.5 Å². The van der Waals surface area contributed by atoms with Gasteiger partial charge in [-0.05, 0) is 13.0 Å². The van der Waals surface area contributed by atoms with E-state index in [1.165, 1.54) is 0 Å². The lowest BCUT2D eigenvalue weighted by molar-refractivity contribution is 0.100. The summed E-state index contributed by atoms with van der Waals surface area (Å²) in [6, 6.07) is 15.1. The van der Waals surface area contributed by atoms with E-state index in [4.69, 9.17) is 5.73 Å². The third-order valence-electron chi connectivity index (χ3n) is 3.24. The van der Waals surface area contributed by atoms with Gasteiger partial charge < -0.3 is 5.73 Å². The summed E-state index contributed by atoms with van der Waals surface area (Å²) in [5.41, 5.74) is 9.12. The summed E-state index contributed by atoms with van der Waals surface area (Å²) < 4.78 is 0. The Morgan fingerprint density at radius 3 is 2.40 bits per heavy atom. The monoisotopic (exact) mass is 263 g/mol. The van der Waals surface area contributed by atoms with Gasteiger partial charge in [0.2, 0.25) is 0 Å². The first-order valence-electron chi connectivity index (χ1n) is 6.29. The van der Waals surface area contributed by atoms with Gasteiger partial charge in [0.25, 0.3) is 5.91 Å². The van der Waals surface area contributed by atoms with Gasteiger partial charge in [0, 0.05) is 10.9 Å². The number of carbonyl (C=O) groups is 1. The minimum absolute atomic E-state index is 0.416. The van der Waals surface area contributed by atoms with Crippen LogP contribution in [0.2, 0.25) is 0 Å². The van der Waals surface area contributed by atoms with Crippen LogP contribution in [-0.4, -0.2) is 16.1 Å². The minimum atomic E-state index is -0.494. The van der Waals surface area contributed by atoms with Crippen molar-refractivity contribution in [3.63, 3.8) is 0 Å². The van der Waals surface area contributed by atoms with E-state index in [0.29, 0.717) is 16.8 Å². The molecule has 0 bridgehead atoms. The maximum atomic E-state index is 11.8. The van der Waals surface area contributed by atoms with Crippen molar-refractivity contribution in [2.45, 2.75) is 6.92 Å². The number of aryl methyl sites for hydroxylation is 1. The Balaban J connectivity index is 2.33. The van der Waals surface area contributed by atoms with Crippen LogP contribution in [0.1, 0.15) is 15.9 Å². The quantitative estimate of drug-likeness (QED) is 0.772. The van der Waals surface area contributed by atoms with Gasteiger partial charge in [0.1, 0.15) is 5.69 Å². The Kier molecular flexibility index (Phi) is 2.91. The number of nitrogens with two attached hydrogens (primary N) is 1. The Morgan fingerprint density at radius 1 is 1.00 bits per heavy atom. The summed E-state index contributed by atoms with van der Waals surface area (Å²) in [6.45, 7) is 2.00. The van der Waals surface area contributed by atoms with Gasteiger partial charge in [0.05, 0.1) is 11.1 Å². The van der Waals surface area contributed by atoms with Gasteiger partial charge in [-0.15, -0.1) is 10.2 Å². The summed E-state index contributed by atoms with van der Waals surface area (Å²) in [4.78, 5) is 11.8. The number of nitrogens with zero attached hydrogens (tertiary/aromatic N) is 2. The van der Waals surface area contributed by atoms with Crippen LogP contribution in [0.4, 0.5) is 0 Å². The molecule has 0 unspecified atom stereocenters. The van der Waals surface area contributed by atoms with E-state index < -0.39 is 5.91 Å². The molecule has 2 N–H and O–H groups in total. The van der Waals surface area contributed by atoms with Crippen LogP contribution in [0.25, 0.3) is 22.2 Å². The number of hydrogen-bond donors (Lipinski definition) is 1. The fourth-order valence-corrected chi connectivity index (χ4v) is 2.22. The average molecular weight is 263 g/mol. The standard InChI is InChI=1S/C16H13N3O/c1-10-6-8-11(9-7-10)15-14(16(17)20)12-4-2-3-5-13(12)18-19-15/h2-9H,1H3,(H2,17,20). The number of primary amides is 1. The molecule has 0 radical (unpaired) electrons. The van der Waals surface area contributed by atoms with Crippen molar-refractivity contribution in [1.82, 2.24) is 10.2 Å². The van der Waals surface area contributed by atoms with E-state index in [1.54, 1.807) is 0 Å². The van der Waals surface area contributed by atoms with Gasteiger partial charge >= 0.3 is 0 Å². The largest absolute Gasteiger partial charge is 0.366 e. The zero-order valence-corrected chi connectivity index (χ0v) is 11.0. The minimum Gasteiger partial charge on any atom is -0.366 e. The topological polar surface area (TPSA) is 68.9 Å². The van der Waals surface area contributed by atoms with E-state index >= 15 is 0 Å². The van der Waals surface area contributed by atoms with Crippen LogP contribution in [-0.2, 0) is 0 Å².